The van der Waals surface area contributed by atoms with E-state index in [-0.39, 0.29) is 5.69 Å². The van der Waals surface area contributed by atoms with Crippen molar-refractivity contribution in [1.29, 1.82) is 0 Å². The monoisotopic (exact) mass is 290 g/mol. The van der Waals surface area contributed by atoms with Gasteiger partial charge in [-0.1, -0.05) is 18.2 Å². The maximum absolute atomic E-state index is 11.5. The first-order chi connectivity index (χ1) is 10.0. The number of non-ortho nitro benzene ring substituents is 1. The molecule has 0 saturated carbocycles. The minimum absolute atomic E-state index is 0.0754. The SMILES string of the molecule is C/C=C/C=C/C(=O)OCC(=O)Nc1ccc([N+](=O)[O-])cc1. The molecule has 0 radical (unpaired) electrons. The highest BCUT2D eigenvalue weighted by molar-refractivity contribution is 5.93. The number of nitrogens with zero attached hydrogens (tertiary/aromatic N) is 1. The fourth-order valence-electron chi connectivity index (χ4n) is 1.29. The van der Waals surface area contributed by atoms with E-state index in [0.717, 1.165) is 0 Å². The molecule has 1 N–H and O–H groups in total. The van der Waals surface area contributed by atoms with Crippen molar-refractivity contribution < 1.29 is 19.2 Å². The molecule has 0 unspecified atom stereocenters. The zero-order valence-electron chi connectivity index (χ0n) is 11.3. The van der Waals surface area contributed by atoms with Crippen LogP contribution in [0.5, 0.6) is 0 Å². The van der Waals surface area contributed by atoms with Gasteiger partial charge in [-0.15, -0.1) is 0 Å². The van der Waals surface area contributed by atoms with Crippen LogP contribution in [0.1, 0.15) is 6.92 Å². The first-order valence-corrected chi connectivity index (χ1v) is 6.03. The largest absolute Gasteiger partial charge is 0.452 e. The molecular formula is C14H14N2O5. The van der Waals surface area contributed by atoms with Crippen molar-refractivity contribution in [2.75, 3.05) is 11.9 Å². The number of anilines is 1. The molecule has 0 saturated heterocycles. The second kappa shape index (κ2) is 8.26. The molecule has 0 fully saturated rings. The summed E-state index contributed by atoms with van der Waals surface area (Å²) in [6, 6.07) is 5.32. The topological polar surface area (TPSA) is 98.5 Å². The van der Waals surface area contributed by atoms with Crippen LogP contribution in [-0.2, 0) is 14.3 Å². The number of hydrogen-bond donors (Lipinski definition) is 1. The molecule has 7 heteroatoms. The van der Waals surface area contributed by atoms with Crippen molar-refractivity contribution in [2.45, 2.75) is 6.92 Å². The van der Waals surface area contributed by atoms with Gasteiger partial charge in [0.2, 0.25) is 0 Å². The number of amides is 1. The van der Waals surface area contributed by atoms with E-state index in [9.17, 15) is 19.7 Å². The normalized spacial score (nSPS) is 10.7. The Kier molecular flexibility index (Phi) is 6.33. The molecule has 7 nitrogen and oxygen atoms in total. The van der Waals surface area contributed by atoms with Crippen molar-refractivity contribution in [3.63, 3.8) is 0 Å². The standard InChI is InChI=1S/C14H14N2O5/c1-2-3-4-5-14(18)21-10-13(17)15-11-6-8-12(9-7-11)16(19)20/h2-9H,10H2,1H3,(H,15,17)/b3-2+,5-4+. The van der Waals surface area contributed by atoms with E-state index in [1.165, 1.54) is 36.4 Å². The Balaban J connectivity index is 2.43. The number of esters is 1. The Bertz CT molecular complexity index is 576. The van der Waals surface area contributed by atoms with E-state index in [0.29, 0.717) is 5.69 Å². The van der Waals surface area contributed by atoms with Gasteiger partial charge in [0.15, 0.2) is 6.61 Å². The second-order valence-electron chi connectivity index (χ2n) is 3.84. The van der Waals surface area contributed by atoms with Crippen molar-refractivity contribution in [1.82, 2.24) is 0 Å². The van der Waals surface area contributed by atoms with Crippen LogP contribution in [0.3, 0.4) is 0 Å². The summed E-state index contributed by atoms with van der Waals surface area (Å²) in [6.45, 7) is 1.36. The lowest BCUT2D eigenvalue weighted by Crippen LogP contribution is -2.20. The summed E-state index contributed by atoms with van der Waals surface area (Å²) in [5.74, 6) is -1.16. The fraction of sp³-hybridized carbons (Fsp3) is 0.143. The lowest BCUT2D eigenvalue weighted by atomic mass is 10.3. The van der Waals surface area contributed by atoms with Gasteiger partial charge < -0.3 is 10.1 Å². The number of carbonyl (C=O) groups is 2. The van der Waals surface area contributed by atoms with E-state index < -0.39 is 23.4 Å². The predicted octanol–water partition coefficient (Wildman–Crippen LogP) is 2.21. The van der Waals surface area contributed by atoms with Crippen LogP contribution < -0.4 is 5.32 Å². The van der Waals surface area contributed by atoms with Crippen LogP contribution in [0.4, 0.5) is 11.4 Å². The molecular weight excluding hydrogens is 276 g/mol. The Labute approximate surface area is 121 Å². The Hall–Kier alpha value is -2.96. The molecule has 0 atom stereocenters. The van der Waals surface area contributed by atoms with Gasteiger partial charge in [0.25, 0.3) is 11.6 Å². The number of nitrogens with one attached hydrogen (secondary N) is 1. The van der Waals surface area contributed by atoms with Crippen LogP contribution in [0.2, 0.25) is 0 Å². The van der Waals surface area contributed by atoms with Gasteiger partial charge >= 0.3 is 5.97 Å². The van der Waals surface area contributed by atoms with E-state index in [1.807, 2.05) is 0 Å². The van der Waals surface area contributed by atoms with Crippen LogP contribution in [-0.4, -0.2) is 23.4 Å². The van der Waals surface area contributed by atoms with E-state index in [4.69, 9.17) is 4.74 Å². The molecule has 0 heterocycles. The molecule has 1 amide bonds. The van der Waals surface area contributed by atoms with Gasteiger partial charge in [0.1, 0.15) is 0 Å². The number of hydrogen-bond acceptors (Lipinski definition) is 5. The highest BCUT2D eigenvalue weighted by Crippen LogP contribution is 2.15. The number of nitro benzene ring substituents is 1. The van der Waals surface area contributed by atoms with Gasteiger partial charge in [-0.05, 0) is 19.1 Å². The summed E-state index contributed by atoms with van der Waals surface area (Å²) in [4.78, 5) is 32.6. The van der Waals surface area contributed by atoms with Crippen molar-refractivity contribution in [3.05, 3.63) is 58.7 Å². The van der Waals surface area contributed by atoms with Crippen molar-refractivity contribution >= 4 is 23.3 Å². The lowest BCUT2D eigenvalue weighted by molar-refractivity contribution is -0.384. The lowest BCUT2D eigenvalue weighted by Gasteiger charge is -2.04. The van der Waals surface area contributed by atoms with E-state index >= 15 is 0 Å². The third-order valence-electron chi connectivity index (χ3n) is 2.24. The third kappa shape index (κ3) is 6.15. The highest BCUT2D eigenvalue weighted by atomic mass is 16.6. The molecule has 0 aromatic heterocycles. The maximum Gasteiger partial charge on any atom is 0.331 e. The Morgan fingerprint density at radius 1 is 1.29 bits per heavy atom. The summed E-state index contributed by atoms with van der Waals surface area (Å²) in [7, 11) is 0. The molecule has 1 aromatic carbocycles. The van der Waals surface area contributed by atoms with Gasteiger partial charge in [-0.25, -0.2) is 4.79 Å². The molecule has 0 aliphatic rings. The van der Waals surface area contributed by atoms with E-state index in [1.54, 1.807) is 19.1 Å². The Morgan fingerprint density at radius 3 is 2.52 bits per heavy atom. The number of rotatable bonds is 6. The van der Waals surface area contributed by atoms with Gasteiger partial charge in [0.05, 0.1) is 4.92 Å². The van der Waals surface area contributed by atoms with Gasteiger partial charge in [-0.2, -0.15) is 0 Å². The number of allylic oxidation sites excluding steroid dienone is 3. The van der Waals surface area contributed by atoms with Crippen LogP contribution in [0.25, 0.3) is 0 Å². The van der Waals surface area contributed by atoms with Gasteiger partial charge in [-0.3, -0.25) is 14.9 Å². The summed E-state index contributed by atoms with van der Waals surface area (Å²) in [5, 5.41) is 12.9. The number of nitro groups is 1. The quantitative estimate of drug-likeness (QED) is 0.285. The molecule has 110 valence electrons. The average Bonchev–Trinajstić information content (AvgIpc) is 2.46. The minimum atomic E-state index is -0.632. The summed E-state index contributed by atoms with van der Waals surface area (Å²) in [5.41, 5.74) is 0.305. The number of ether oxygens (including phenoxy) is 1. The van der Waals surface area contributed by atoms with E-state index in [2.05, 4.69) is 5.32 Å². The third-order valence-corrected chi connectivity index (χ3v) is 2.24. The highest BCUT2D eigenvalue weighted by Gasteiger charge is 2.07. The minimum Gasteiger partial charge on any atom is -0.452 e. The summed E-state index contributed by atoms with van der Waals surface area (Å²) < 4.78 is 4.70. The molecule has 0 bridgehead atoms. The van der Waals surface area contributed by atoms with Crippen LogP contribution in [0.15, 0.2) is 48.6 Å². The smallest absolute Gasteiger partial charge is 0.331 e. The van der Waals surface area contributed by atoms with Crippen molar-refractivity contribution in [3.8, 4) is 0 Å². The molecule has 0 spiro atoms. The predicted molar refractivity (Wildman–Crippen MR) is 76.6 cm³/mol. The number of benzene rings is 1. The van der Waals surface area contributed by atoms with Crippen LogP contribution in [0, 0.1) is 10.1 Å². The molecule has 1 aromatic rings. The van der Waals surface area contributed by atoms with Gasteiger partial charge in [0, 0.05) is 23.9 Å². The zero-order chi connectivity index (χ0) is 15.7. The summed E-state index contributed by atoms with van der Waals surface area (Å²) >= 11 is 0. The van der Waals surface area contributed by atoms with Crippen molar-refractivity contribution in [2.24, 2.45) is 0 Å². The Morgan fingerprint density at radius 2 is 1.95 bits per heavy atom. The first-order valence-electron chi connectivity index (χ1n) is 6.03. The number of carbonyl (C=O) groups excluding carboxylic acids is 2. The zero-order valence-corrected chi connectivity index (χ0v) is 11.3. The molecule has 1 rings (SSSR count). The maximum atomic E-state index is 11.5. The first kappa shape index (κ1) is 16.1. The van der Waals surface area contributed by atoms with Crippen LogP contribution >= 0.6 is 0 Å². The average molecular weight is 290 g/mol. The summed E-state index contributed by atoms with van der Waals surface area (Å²) in [6.07, 6.45) is 6.08. The molecule has 0 aliphatic carbocycles. The molecule has 21 heavy (non-hydrogen) atoms. The molecule has 0 aliphatic heterocycles. The second-order valence-corrected chi connectivity index (χ2v) is 3.84. The fourth-order valence-corrected chi connectivity index (χ4v) is 1.29.